The molecule has 0 aromatic carbocycles. The quantitative estimate of drug-likeness (QED) is 0.469. The first-order valence-corrected chi connectivity index (χ1v) is 12.4. The van der Waals surface area contributed by atoms with E-state index in [1.54, 1.807) is 6.20 Å². The van der Waals surface area contributed by atoms with Crippen molar-refractivity contribution in [2.45, 2.75) is 63.4 Å². The first-order valence-electron chi connectivity index (χ1n) is 11.6. The molecule has 1 unspecified atom stereocenters. The Bertz CT molecular complexity index is 1030. The molecule has 2 saturated heterocycles. The molecule has 2 aromatic rings. The Kier molecular flexibility index (Phi) is 11.7. The number of piperidine rings is 1. The van der Waals surface area contributed by atoms with Gasteiger partial charge < -0.3 is 19.7 Å². The molecular weight excluding hydrogens is 558 g/mol. The van der Waals surface area contributed by atoms with Gasteiger partial charge >= 0.3 is 24.3 Å². The summed E-state index contributed by atoms with van der Waals surface area (Å²) in [7, 11) is 0. The highest BCUT2D eigenvalue weighted by Gasteiger charge is 2.43. The van der Waals surface area contributed by atoms with Crippen molar-refractivity contribution in [3.63, 3.8) is 0 Å². The molecule has 0 saturated carbocycles. The minimum absolute atomic E-state index is 0.0431. The van der Waals surface area contributed by atoms with E-state index in [-0.39, 0.29) is 11.7 Å². The van der Waals surface area contributed by atoms with Crippen molar-refractivity contribution in [1.82, 2.24) is 9.88 Å². The second kappa shape index (κ2) is 14.1. The Morgan fingerprint density at radius 2 is 1.69 bits per heavy atom. The number of aromatic nitrogens is 1. The summed E-state index contributed by atoms with van der Waals surface area (Å²) in [5.41, 5.74) is 1.17. The van der Waals surface area contributed by atoms with Crippen LogP contribution in [0, 0.1) is 6.92 Å². The monoisotopic (exact) mass is 586 g/mol. The second-order valence-corrected chi connectivity index (χ2v) is 10.3. The summed E-state index contributed by atoms with van der Waals surface area (Å²) in [5, 5.41) is 14.2. The summed E-state index contributed by atoms with van der Waals surface area (Å²) in [5.74, 6) is -5.51. The molecule has 2 aliphatic rings. The van der Waals surface area contributed by atoms with Gasteiger partial charge in [-0.2, -0.15) is 26.3 Å². The predicted octanol–water partition coefficient (Wildman–Crippen LogP) is 5.06. The number of carboxylic acid groups (broad SMARTS) is 2. The lowest BCUT2D eigenvalue weighted by molar-refractivity contribution is -0.193. The number of pyridine rings is 1. The highest BCUT2D eigenvalue weighted by atomic mass is 32.1. The second-order valence-electron chi connectivity index (χ2n) is 8.89. The van der Waals surface area contributed by atoms with Gasteiger partial charge in [0, 0.05) is 48.2 Å². The van der Waals surface area contributed by atoms with E-state index in [1.807, 2.05) is 23.6 Å². The molecule has 8 nitrogen and oxygen atoms in total. The van der Waals surface area contributed by atoms with Gasteiger partial charge in [-0.15, -0.1) is 11.3 Å². The van der Waals surface area contributed by atoms with Crippen LogP contribution in [0.15, 0.2) is 36.7 Å². The van der Waals surface area contributed by atoms with E-state index in [1.165, 1.54) is 9.75 Å². The fourth-order valence-corrected chi connectivity index (χ4v) is 4.80. The van der Waals surface area contributed by atoms with Crippen molar-refractivity contribution in [2.75, 3.05) is 19.7 Å². The number of hydrogen-bond acceptors (Lipinski definition) is 7. The van der Waals surface area contributed by atoms with Crippen LogP contribution >= 0.6 is 11.3 Å². The van der Waals surface area contributed by atoms with Crippen LogP contribution in [-0.2, 0) is 32.2 Å². The van der Waals surface area contributed by atoms with Gasteiger partial charge in [-0.1, -0.05) is 6.07 Å². The van der Waals surface area contributed by atoms with Crippen LogP contribution in [0.1, 0.15) is 34.6 Å². The highest BCUT2D eigenvalue weighted by Crippen LogP contribution is 2.37. The third-order valence-corrected chi connectivity index (χ3v) is 6.80. The molecule has 0 amide bonds. The number of aryl methyl sites for hydroxylation is 1. The summed E-state index contributed by atoms with van der Waals surface area (Å²) >= 11 is 1.91. The fraction of sp³-hybridized carbons (Fsp3) is 0.542. The minimum atomic E-state index is -5.08. The zero-order chi connectivity index (χ0) is 29.3. The SMILES string of the molecule is Cc1ccc(CN2CCC3(CC2)CC(OCc2cccnc2)CO3)s1.O=C(O)C(F)(F)F.O=C(O)C(F)(F)F. The van der Waals surface area contributed by atoms with Crippen molar-refractivity contribution >= 4 is 23.3 Å². The van der Waals surface area contributed by atoms with Gasteiger partial charge in [-0.05, 0) is 43.5 Å². The summed E-state index contributed by atoms with van der Waals surface area (Å²) in [6.07, 6.45) is -3.03. The van der Waals surface area contributed by atoms with Crippen LogP contribution in [-0.4, -0.2) is 75.8 Å². The van der Waals surface area contributed by atoms with Gasteiger partial charge in [0.2, 0.25) is 0 Å². The first-order chi connectivity index (χ1) is 18.1. The third-order valence-electron chi connectivity index (χ3n) is 5.81. The number of aliphatic carboxylic acids is 2. The number of thiophene rings is 1. The normalized spacial score (nSPS) is 19.0. The molecular formula is C24H28F6N2O6S. The maximum atomic E-state index is 10.6. The maximum Gasteiger partial charge on any atom is 0.490 e. The molecule has 15 heteroatoms. The molecule has 218 valence electrons. The summed E-state index contributed by atoms with van der Waals surface area (Å²) in [6.45, 7) is 6.84. The van der Waals surface area contributed by atoms with Crippen molar-refractivity contribution in [1.29, 1.82) is 0 Å². The highest BCUT2D eigenvalue weighted by molar-refractivity contribution is 7.11. The number of alkyl halides is 6. The Morgan fingerprint density at radius 3 is 2.15 bits per heavy atom. The number of nitrogens with zero attached hydrogens (tertiary/aromatic N) is 2. The van der Waals surface area contributed by atoms with E-state index in [2.05, 4.69) is 35.0 Å². The predicted molar refractivity (Wildman–Crippen MR) is 127 cm³/mol. The van der Waals surface area contributed by atoms with Crippen LogP contribution in [0.3, 0.4) is 0 Å². The van der Waals surface area contributed by atoms with Crippen LogP contribution in [0.25, 0.3) is 0 Å². The van der Waals surface area contributed by atoms with Crippen molar-refractivity contribution in [3.8, 4) is 0 Å². The van der Waals surface area contributed by atoms with E-state index < -0.39 is 24.3 Å². The van der Waals surface area contributed by atoms with Crippen LogP contribution < -0.4 is 0 Å². The first kappa shape index (κ1) is 32.5. The largest absolute Gasteiger partial charge is 0.490 e. The van der Waals surface area contributed by atoms with Gasteiger partial charge in [0.05, 0.1) is 24.9 Å². The molecule has 1 atom stereocenters. The van der Waals surface area contributed by atoms with Gasteiger partial charge in [0.15, 0.2) is 0 Å². The summed E-state index contributed by atoms with van der Waals surface area (Å²) in [4.78, 5) is 27.4. The number of carbonyl (C=O) groups is 2. The average molecular weight is 587 g/mol. The zero-order valence-electron chi connectivity index (χ0n) is 20.8. The van der Waals surface area contributed by atoms with E-state index in [4.69, 9.17) is 29.3 Å². The van der Waals surface area contributed by atoms with Gasteiger partial charge in [0.1, 0.15) is 0 Å². The van der Waals surface area contributed by atoms with E-state index in [0.29, 0.717) is 6.61 Å². The Balaban J connectivity index is 0.000000317. The molecule has 0 bridgehead atoms. The molecule has 2 aliphatic heterocycles. The molecule has 4 heterocycles. The van der Waals surface area contributed by atoms with Crippen LogP contribution in [0.4, 0.5) is 26.3 Å². The number of likely N-dealkylation sites (tertiary alicyclic amines) is 1. The van der Waals surface area contributed by atoms with Crippen molar-refractivity contribution in [2.24, 2.45) is 0 Å². The Hall–Kier alpha value is -2.75. The van der Waals surface area contributed by atoms with Crippen LogP contribution in [0.2, 0.25) is 0 Å². The third kappa shape index (κ3) is 11.5. The molecule has 4 rings (SSSR count). The average Bonchev–Trinajstić information content (AvgIpc) is 3.45. The molecule has 39 heavy (non-hydrogen) atoms. The van der Waals surface area contributed by atoms with Crippen molar-refractivity contribution < 1.29 is 55.6 Å². The topological polar surface area (TPSA) is 109 Å². The van der Waals surface area contributed by atoms with Crippen molar-refractivity contribution in [3.05, 3.63) is 52.0 Å². The Morgan fingerprint density at radius 1 is 1.10 bits per heavy atom. The smallest absolute Gasteiger partial charge is 0.475 e. The fourth-order valence-electron chi connectivity index (χ4n) is 3.86. The van der Waals surface area contributed by atoms with Gasteiger partial charge in [-0.25, -0.2) is 9.59 Å². The van der Waals surface area contributed by atoms with Crippen LogP contribution in [0.5, 0.6) is 0 Å². The summed E-state index contributed by atoms with van der Waals surface area (Å²) in [6, 6.07) is 8.49. The lowest BCUT2D eigenvalue weighted by atomic mass is 9.88. The molecule has 2 fully saturated rings. The standard InChI is InChI=1S/C20H26N2O2S.2C2HF3O2/c1-16-4-5-19(25-16)13-22-9-6-20(7-10-22)11-18(15-24-20)23-14-17-3-2-8-21-12-17;2*3-2(4,5)1(6)7/h2-5,8,12,18H,6-7,9-11,13-15H2,1H3;2*(H,6,7). The van der Waals surface area contributed by atoms with E-state index in [9.17, 15) is 26.3 Å². The number of rotatable bonds is 5. The number of ether oxygens (including phenoxy) is 2. The molecule has 2 aromatic heterocycles. The lowest BCUT2D eigenvalue weighted by Crippen LogP contribution is -2.43. The molecule has 2 N–H and O–H groups in total. The minimum Gasteiger partial charge on any atom is -0.475 e. The number of carboxylic acids is 2. The van der Waals surface area contributed by atoms with E-state index >= 15 is 0 Å². The lowest BCUT2D eigenvalue weighted by Gasteiger charge is -2.38. The van der Waals surface area contributed by atoms with E-state index in [0.717, 1.165) is 51.1 Å². The van der Waals surface area contributed by atoms with Gasteiger partial charge in [-0.3, -0.25) is 9.88 Å². The number of halogens is 6. The van der Waals surface area contributed by atoms with Gasteiger partial charge in [0.25, 0.3) is 0 Å². The number of hydrogen-bond donors (Lipinski definition) is 2. The molecule has 1 spiro atoms. The maximum absolute atomic E-state index is 10.6. The Labute approximate surface area is 224 Å². The molecule has 0 radical (unpaired) electrons. The summed E-state index contributed by atoms with van der Waals surface area (Å²) < 4.78 is 75.8. The molecule has 0 aliphatic carbocycles. The zero-order valence-corrected chi connectivity index (χ0v) is 21.6.